The van der Waals surface area contributed by atoms with Gasteiger partial charge in [0.1, 0.15) is 0 Å². The molecular weight excluding hydrogens is 389 g/mol. The van der Waals surface area contributed by atoms with E-state index in [0.29, 0.717) is 34.6 Å². The van der Waals surface area contributed by atoms with E-state index in [1.165, 1.54) is 37.4 Å². The van der Waals surface area contributed by atoms with Gasteiger partial charge in [-0.15, -0.1) is 23.7 Å². The smallest absolute Gasteiger partial charge is 0.226 e. The number of amides is 1. The molecule has 2 atom stereocenters. The van der Waals surface area contributed by atoms with Crippen molar-refractivity contribution in [2.24, 2.45) is 11.8 Å². The number of halogens is 2. The Hall–Kier alpha value is -1.70. The lowest BCUT2D eigenvalue weighted by atomic mass is 9.85. The third kappa shape index (κ3) is 5.64. The average Bonchev–Trinajstić information content (AvgIpc) is 3.10. The molecule has 0 saturated carbocycles. The van der Waals surface area contributed by atoms with Crippen LogP contribution in [0.2, 0.25) is 0 Å². The Balaban J connectivity index is 0.00000261. The van der Waals surface area contributed by atoms with Gasteiger partial charge < -0.3 is 15.4 Å². The van der Waals surface area contributed by atoms with Crippen LogP contribution in [0, 0.1) is 17.7 Å². The molecule has 1 fully saturated rings. The number of aromatic nitrogens is 1. The number of hydrogen-bond donors (Lipinski definition) is 2. The summed E-state index contributed by atoms with van der Waals surface area (Å²) < 4.78 is 18.8. The van der Waals surface area contributed by atoms with Crippen LogP contribution >= 0.6 is 23.7 Å². The van der Waals surface area contributed by atoms with Crippen LogP contribution in [-0.4, -0.2) is 31.1 Å². The highest BCUT2D eigenvalue weighted by atomic mass is 35.5. The quantitative estimate of drug-likeness (QED) is 0.739. The molecule has 0 radical (unpaired) electrons. The van der Waals surface area contributed by atoms with Crippen molar-refractivity contribution in [2.45, 2.75) is 26.2 Å². The van der Waals surface area contributed by atoms with Crippen molar-refractivity contribution in [1.82, 2.24) is 10.3 Å². The summed E-state index contributed by atoms with van der Waals surface area (Å²) in [4.78, 5) is 16.7. The molecule has 148 valence electrons. The summed E-state index contributed by atoms with van der Waals surface area (Å²) in [6.45, 7) is 4.19. The van der Waals surface area contributed by atoms with Gasteiger partial charge in [-0.2, -0.15) is 0 Å². The molecule has 5 nitrogen and oxygen atoms in total. The van der Waals surface area contributed by atoms with Gasteiger partial charge in [-0.1, -0.05) is 6.92 Å². The molecule has 2 heterocycles. The van der Waals surface area contributed by atoms with E-state index in [1.54, 1.807) is 12.1 Å². The summed E-state index contributed by atoms with van der Waals surface area (Å²) in [5.41, 5.74) is 1.29. The monoisotopic (exact) mass is 413 g/mol. The Morgan fingerprint density at radius 1 is 1.52 bits per heavy atom. The fraction of sp³-hybridized carbons (Fsp3) is 0.474. The zero-order valence-electron chi connectivity index (χ0n) is 15.5. The van der Waals surface area contributed by atoms with Crippen molar-refractivity contribution in [3.05, 3.63) is 29.4 Å². The molecule has 0 spiro atoms. The van der Waals surface area contributed by atoms with Crippen LogP contribution in [-0.2, 0) is 4.79 Å². The number of thiazole rings is 1. The summed E-state index contributed by atoms with van der Waals surface area (Å²) >= 11 is 1.34. The predicted octanol–water partition coefficient (Wildman–Crippen LogP) is 4.34. The van der Waals surface area contributed by atoms with Crippen LogP contribution in [0.4, 0.5) is 9.52 Å². The largest absolute Gasteiger partial charge is 0.494 e. The molecule has 1 amide bonds. The highest BCUT2D eigenvalue weighted by molar-refractivity contribution is 7.14. The minimum absolute atomic E-state index is 0. The number of rotatable bonds is 6. The maximum Gasteiger partial charge on any atom is 0.226 e. The molecule has 1 aromatic carbocycles. The Kier molecular flexibility index (Phi) is 8.01. The molecule has 1 aliphatic rings. The van der Waals surface area contributed by atoms with E-state index >= 15 is 0 Å². The van der Waals surface area contributed by atoms with Gasteiger partial charge in [0.2, 0.25) is 5.91 Å². The van der Waals surface area contributed by atoms with E-state index in [0.717, 1.165) is 13.1 Å². The topological polar surface area (TPSA) is 63.2 Å². The number of carbonyl (C=O) groups excluding carboxylic acids is 1. The Morgan fingerprint density at radius 2 is 2.33 bits per heavy atom. The van der Waals surface area contributed by atoms with Gasteiger partial charge in [-0.05, 0) is 56.0 Å². The third-order valence-corrected chi connectivity index (χ3v) is 5.60. The lowest BCUT2D eigenvalue weighted by Crippen LogP contribution is -2.34. The van der Waals surface area contributed by atoms with Crippen molar-refractivity contribution in [2.75, 3.05) is 25.5 Å². The molecule has 2 unspecified atom stereocenters. The second-order valence-corrected chi connectivity index (χ2v) is 7.58. The normalized spacial score (nSPS) is 17.7. The zero-order chi connectivity index (χ0) is 18.5. The van der Waals surface area contributed by atoms with Gasteiger partial charge >= 0.3 is 0 Å². The average molecular weight is 414 g/mol. The van der Waals surface area contributed by atoms with E-state index < -0.39 is 5.82 Å². The minimum Gasteiger partial charge on any atom is -0.494 e. The lowest BCUT2D eigenvalue weighted by Gasteiger charge is -2.27. The first-order valence-corrected chi connectivity index (χ1v) is 9.74. The first-order valence-electron chi connectivity index (χ1n) is 8.87. The number of piperidine rings is 1. The second-order valence-electron chi connectivity index (χ2n) is 6.72. The van der Waals surface area contributed by atoms with Crippen molar-refractivity contribution >= 4 is 34.8 Å². The van der Waals surface area contributed by atoms with Crippen molar-refractivity contribution in [3.8, 4) is 17.0 Å². The summed E-state index contributed by atoms with van der Waals surface area (Å²) in [5.74, 6) is 0.619. The molecule has 1 saturated heterocycles. The number of methoxy groups -OCH3 is 1. The van der Waals surface area contributed by atoms with E-state index in [9.17, 15) is 9.18 Å². The molecule has 27 heavy (non-hydrogen) atoms. The van der Waals surface area contributed by atoms with Gasteiger partial charge in [-0.25, -0.2) is 9.37 Å². The van der Waals surface area contributed by atoms with Crippen molar-refractivity contribution in [3.63, 3.8) is 0 Å². The maximum absolute atomic E-state index is 13.8. The van der Waals surface area contributed by atoms with E-state index in [-0.39, 0.29) is 24.1 Å². The minimum atomic E-state index is -0.432. The van der Waals surface area contributed by atoms with Crippen LogP contribution in [0.25, 0.3) is 11.3 Å². The first kappa shape index (κ1) is 21.6. The van der Waals surface area contributed by atoms with Crippen molar-refractivity contribution < 1.29 is 13.9 Å². The van der Waals surface area contributed by atoms with Gasteiger partial charge in [0, 0.05) is 17.4 Å². The van der Waals surface area contributed by atoms with E-state index in [2.05, 4.69) is 22.5 Å². The number of anilines is 1. The number of nitrogens with one attached hydrogen (secondary N) is 2. The number of benzene rings is 1. The van der Waals surface area contributed by atoms with Gasteiger partial charge in [0.25, 0.3) is 0 Å². The van der Waals surface area contributed by atoms with Gasteiger partial charge in [0.05, 0.1) is 12.8 Å². The number of carbonyl (C=O) groups is 1. The highest BCUT2D eigenvalue weighted by Crippen LogP contribution is 2.29. The van der Waals surface area contributed by atoms with Crippen LogP contribution in [0.5, 0.6) is 5.75 Å². The number of nitrogens with zero attached hydrogens (tertiary/aromatic N) is 1. The fourth-order valence-electron chi connectivity index (χ4n) is 3.28. The SMILES string of the molecule is COc1ccc(-c2csc(NC(=O)CC(C)C3CCCNC3)n2)cc1F.Cl. The predicted molar refractivity (Wildman–Crippen MR) is 109 cm³/mol. The summed E-state index contributed by atoms with van der Waals surface area (Å²) in [5, 5.41) is 8.61. The first-order chi connectivity index (χ1) is 12.6. The van der Waals surface area contributed by atoms with Gasteiger partial charge in [-0.3, -0.25) is 4.79 Å². The maximum atomic E-state index is 13.8. The Bertz CT molecular complexity index is 765. The van der Waals surface area contributed by atoms with Crippen LogP contribution in [0.3, 0.4) is 0 Å². The molecule has 0 aliphatic carbocycles. The molecule has 1 aliphatic heterocycles. The summed E-state index contributed by atoms with van der Waals surface area (Å²) in [7, 11) is 1.43. The van der Waals surface area contributed by atoms with Crippen LogP contribution in [0.1, 0.15) is 26.2 Å². The molecule has 3 rings (SSSR count). The Labute approximate surface area is 169 Å². The number of hydrogen-bond acceptors (Lipinski definition) is 5. The molecular formula is C19H25ClFN3O2S. The van der Waals surface area contributed by atoms with E-state index in [4.69, 9.17) is 4.74 Å². The number of ether oxygens (including phenoxy) is 1. The zero-order valence-corrected chi connectivity index (χ0v) is 17.1. The van der Waals surface area contributed by atoms with Crippen molar-refractivity contribution in [1.29, 1.82) is 0 Å². The fourth-order valence-corrected chi connectivity index (χ4v) is 4.02. The second kappa shape index (κ2) is 10.0. The molecule has 1 aromatic heterocycles. The van der Waals surface area contributed by atoms with Crippen LogP contribution in [0.15, 0.2) is 23.6 Å². The molecule has 0 bridgehead atoms. The summed E-state index contributed by atoms with van der Waals surface area (Å²) in [6.07, 6.45) is 2.83. The van der Waals surface area contributed by atoms with Gasteiger partial charge in [0.15, 0.2) is 16.7 Å². The van der Waals surface area contributed by atoms with E-state index in [1.807, 2.05) is 5.38 Å². The third-order valence-electron chi connectivity index (χ3n) is 4.85. The summed E-state index contributed by atoms with van der Waals surface area (Å²) in [6, 6.07) is 4.71. The molecule has 2 N–H and O–H groups in total. The lowest BCUT2D eigenvalue weighted by molar-refractivity contribution is -0.117. The van der Waals surface area contributed by atoms with Crippen LogP contribution < -0.4 is 15.4 Å². The molecule has 8 heteroatoms. The molecule has 2 aromatic rings. The standard InChI is InChI=1S/C19H24FN3O2S.ClH/c1-12(14-4-3-7-21-10-14)8-18(24)23-19-22-16(11-26-19)13-5-6-17(25-2)15(20)9-13;/h5-6,9,11-12,14,21H,3-4,7-8,10H2,1-2H3,(H,22,23,24);1H. The highest BCUT2D eigenvalue weighted by Gasteiger charge is 2.22. The Morgan fingerprint density at radius 3 is 3.00 bits per heavy atom.